The van der Waals surface area contributed by atoms with E-state index in [4.69, 9.17) is 26.4 Å². The van der Waals surface area contributed by atoms with Crippen LogP contribution in [0, 0.1) is 0 Å². The van der Waals surface area contributed by atoms with E-state index in [1.54, 1.807) is 32.4 Å². The molecule has 0 aliphatic carbocycles. The van der Waals surface area contributed by atoms with E-state index in [0.29, 0.717) is 34.6 Å². The van der Waals surface area contributed by atoms with Crippen LogP contribution < -0.4 is 24.8 Å². The van der Waals surface area contributed by atoms with Gasteiger partial charge in [-0.05, 0) is 55.0 Å². The SMILES string of the molecule is CCCOc1cccc(C(=O)NC(=S)Nc2nc(-c3ccc(OC)c(OC)c3)cs2)c1. The zero-order valence-electron chi connectivity index (χ0n) is 17.4. The van der Waals surface area contributed by atoms with E-state index in [-0.39, 0.29) is 11.0 Å². The summed E-state index contributed by atoms with van der Waals surface area (Å²) < 4.78 is 16.2. The summed E-state index contributed by atoms with van der Waals surface area (Å²) in [4.78, 5) is 17.0. The number of carbonyl (C=O) groups excluding carboxylic acids is 1. The smallest absolute Gasteiger partial charge is 0.257 e. The largest absolute Gasteiger partial charge is 0.494 e. The Morgan fingerprint density at radius 1 is 1.13 bits per heavy atom. The summed E-state index contributed by atoms with van der Waals surface area (Å²) in [5.41, 5.74) is 2.09. The number of ether oxygens (including phenoxy) is 3. The summed E-state index contributed by atoms with van der Waals surface area (Å²) in [6.07, 6.45) is 0.892. The van der Waals surface area contributed by atoms with Crippen molar-refractivity contribution < 1.29 is 19.0 Å². The van der Waals surface area contributed by atoms with Crippen LogP contribution in [0.4, 0.5) is 5.13 Å². The Bertz CT molecular complexity index is 1070. The van der Waals surface area contributed by atoms with E-state index >= 15 is 0 Å². The number of carbonyl (C=O) groups is 1. The number of nitrogens with zero attached hydrogens (tertiary/aromatic N) is 1. The average molecular weight is 458 g/mol. The molecule has 0 unspecified atom stereocenters. The lowest BCUT2D eigenvalue weighted by atomic mass is 10.1. The molecule has 0 aliphatic rings. The molecular formula is C22H23N3O4S2. The van der Waals surface area contributed by atoms with Crippen molar-refractivity contribution in [3.63, 3.8) is 0 Å². The first-order valence-electron chi connectivity index (χ1n) is 9.57. The highest BCUT2D eigenvalue weighted by molar-refractivity contribution is 7.80. The molecule has 162 valence electrons. The molecule has 1 amide bonds. The second-order valence-corrected chi connectivity index (χ2v) is 7.66. The molecular weight excluding hydrogens is 434 g/mol. The molecule has 2 aromatic carbocycles. The molecule has 0 atom stereocenters. The predicted molar refractivity (Wildman–Crippen MR) is 127 cm³/mol. The van der Waals surface area contributed by atoms with Crippen molar-refractivity contribution in [2.24, 2.45) is 0 Å². The number of benzene rings is 2. The molecule has 3 rings (SSSR count). The minimum atomic E-state index is -0.323. The quantitative estimate of drug-likeness (QED) is 0.473. The van der Waals surface area contributed by atoms with E-state index in [9.17, 15) is 4.79 Å². The number of methoxy groups -OCH3 is 2. The summed E-state index contributed by atoms with van der Waals surface area (Å²) in [7, 11) is 3.18. The Hall–Kier alpha value is -3.17. The average Bonchev–Trinajstić information content (AvgIpc) is 3.25. The first kappa shape index (κ1) is 22.5. The fraction of sp³-hybridized carbons (Fsp3) is 0.227. The Morgan fingerprint density at radius 3 is 2.68 bits per heavy atom. The molecule has 0 saturated carbocycles. The molecule has 9 heteroatoms. The van der Waals surface area contributed by atoms with Crippen LogP contribution in [-0.2, 0) is 0 Å². The van der Waals surface area contributed by atoms with Crippen molar-refractivity contribution in [1.82, 2.24) is 10.3 Å². The number of rotatable bonds is 8. The molecule has 0 radical (unpaired) electrons. The van der Waals surface area contributed by atoms with Gasteiger partial charge in [-0.25, -0.2) is 4.98 Å². The van der Waals surface area contributed by atoms with Crippen LogP contribution in [0.2, 0.25) is 0 Å². The fourth-order valence-corrected chi connectivity index (χ4v) is 3.69. The number of anilines is 1. The summed E-state index contributed by atoms with van der Waals surface area (Å²) in [5.74, 6) is 1.59. The van der Waals surface area contributed by atoms with Gasteiger partial charge in [0, 0.05) is 16.5 Å². The normalized spacial score (nSPS) is 10.3. The molecule has 31 heavy (non-hydrogen) atoms. The first-order valence-corrected chi connectivity index (χ1v) is 10.9. The van der Waals surface area contributed by atoms with Gasteiger partial charge in [0.05, 0.1) is 26.5 Å². The van der Waals surface area contributed by atoms with Crippen LogP contribution in [0.3, 0.4) is 0 Å². The number of thiazole rings is 1. The van der Waals surface area contributed by atoms with Gasteiger partial charge >= 0.3 is 0 Å². The van der Waals surface area contributed by atoms with Crippen molar-refractivity contribution >= 4 is 39.7 Å². The van der Waals surface area contributed by atoms with E-state index in [2.05, 4.69) is 15.6 Å². The minimum Gasteiger partial charge on any atom is -0.494 e. The molecule has 0 saturated heterocycles. The van der Waals surface area contributed by atoms with Gasteiger partial charge in [-0.1, -0.05) is 13.0 Å². The monoisotopic (exact) mass is 457 g/mol. The molecule has 7 nitrogen and oxygen atoms in total. The Morgan fingerprint density at radius 2 is 1.94 bits per heavy atom. The molecule has 0 bridgehead atoms. The van der Waals surface area contributed by atoms with Crippen molar-refractivity contribution in [1.29, 1.82) is 0 Å². The van der Waals surface area contributed by atoms with Crippen LogP contribution >= 0.6 is 23.6 Å². The lowest BCUT2D eigenvalue weighted by Crippen LogP contribution is -2.34. The van der Waals surface area contributed by atoms with E-state index in [1.165, 1.54) is 11.3 Å². The third kappa shape index (κ3) is 5.93. The van der Waals surface area contributed by atoms with Crippen molar-refractivity contribution in [3.8, 4) is 28.5 Å². The Labute approximate surface area is 190 Å². The molecule has 3 aromatic rings. The van der Waals surface area contributed by atoms with E-state index in [1.807, 2.05) is 36.6 Å². The van der Waals surface area contributed by atoms with Gasteiger partial charge in [-0.2, -0.15) is 0 Å². The second kappa shape index (κ2) is 10.7. The number of amides is 1. The minimum absolute atomic E-state index is 0.165. The number of thiocarbonyl (C=S) groups is 1. The highest BCUT2D eigenvalue weighted by Crippen LogP contribution is 2.33. The third-order valence-corrected chi connectivity index (χ3v) is 5.16. The molecule has 1 heterocycles. The highest BCUT2D eigenvalue weighted by atomic mass is 32.1. The topological polar surface area (TPSA) is 81.7 Å². The molecule has 0 aliphatic heterocycles. The predicted octanol–water partition coefficient (Wildman–Crippen LogP) is 4.74. The Balaban J connectivity index is 1.63. The van der Waals surface area contributed by atoms with E-state index < -0.39 is 0 Å². The van der Waals surface area contributed by atoms with Gasteiger partial charge in [-0.15, -0.1) is 11.3 Å². The maximum absolute atomic E-state index is 12.5. The highest BCUT2D eigenvalue weighted by Gasteiger charge is 2.12. The molecule has 0 fully saturated rings. The molecule has 1 aromatic heterocycles. The summed E-state index contributed by atoms with van der Waals surface area (Å²) in [6, 6.07) is 12.5. The number of nitrogens with one attached hydrogen (secondary N) is 2. The number of hydrogen-bond donors (Lipinski definition) is 2. The fourth-order valence-electron chi connectivity index (χ4n) is 2.71. The van der Waals surface area contributed by atoms with Crippen molar-refractivity contribution in [2.45, 2.75) is 13.3 Å². The van der Waals surface area contributed by atoms with Gasteiger partial charge in [0.1, 0.15) is 5.75 Å². The molecule has 0 spiro atoms. The van der Waals surface area contributed by atoms with Crippen LogP contribution in [0.15, 0.2) is 47.8 Å². The zero-order valence-corrected chi connectivity index (χ0v) is 19.1. The van der Waals surface area contributed by atoms with Crippen molar-refractivity contribution in [2.75, 3.05) is 26.1 Å². The summed E-state index contributed by atoms with van der Waals surface area (Å²) in [5, 5.41) is 8.24. The van der Waals surface area contributed by atoms with E-state index in [0.717, 1.165) is 17.7 Å². The standard InChI is InChI=1S/C22H23N3O4S2/c1-4-10-29-16-7-5-6-15(11-16)20(26)24-21(30)25-22-23-17(13-31-22)14-8-9-18(27-2)19(12-14)28-3/h5-9,11-13H,4,10H2,1-3H3,(H2,23,24,25,26,30). The van der Waals surface area contributed by atoms with Gasteiger partial charge in [-0.3, -0.25) is 10.1 Å². The third-order valence-electron chi connectivity index (χ3n) is 4.20. The van der Waals surface area contributed by atoms with Gasteiger partial charge < -0.3 is 19.5 Å². The van der Waals surface area contributed by atoms with Gasteiger partial charge in [0.25, 0.3) is 5.91 Å². The second-order valence-electron chi connectivity index (χ2n) is 6.39. The molecule has 2 N–H and O–H groups in total. The van der Waals surface area contributed by atoms with Gasteiger partial charge in [0.15, 0.2) is 21.7 Å². The summed E-state index contributed by atoms with van der Waals surface area (Å²) in [6.45, 7) is 2.62. The summed E-state index contributed by atoms with van der Waals surface area (Å²) >= 11 is 6.65. The lowest BCUT2D eigenvalue weighted by molar-refractivity contribution is 0.0977. The van der Waals surface area contributed by atoms with Crippen molar-refractivity contribution in [3.05, 3.63) is 53.4 Å². The lowest BCUT2D eigenvalue weighted by Gasteiger charge is -2.09. The van der Waals surface area contributed by atoms with Crippen LogP contribution in [0.25, 0.3) is 11.3 Å². The Kier molecular flexibility index (Phi) is 7.80. The maximum Gasteiger partial charge on any atom is 0.257 e. The van der Waals surface area contributed by atoms with Crippen LogP contribution in [0.1, 0.15) is 23.7 Å². The van der Waals surface area contributed by atoms with Crippen LogP contribution in [0.5, 0.6) is 17.2 Å². The van der Waals surface area contributed by atoms with Crippen LogP contribution in [-0.4, -0.2) is 36.8 Å². The number of hydrogen-bond acceptors (Lipinski definition) is 7. The van der Waals surface area contributed by atoms with Gasteiger partial charge in [0.2, 0.25) is 0 Å². The number of aromatic nitrogens is 1. The zero-order chi connectivity index (χ0) is 22.2. The first-order chi connectivity index (χ1) is 15.0. The maximum atomic E-state index is 12.5.